The van der Waals surface area contributed by atoms with Gasteiger partial charge >= 0.3 is 0 Å². The summed E-state index contributed by atoms with van der Waals surface area (Å²) in [4.78, 5) is 0.256. The Kier molecular flexibility index (Phi) is 3.31. The van der Waals surface area contributed by atoms with Crippen LogP contribution >= 0.6 is 0 Å². The molecule has 0 aliphatic rings. The van der Waals surface area contributed by atoms with Crippen molar-refractivity contribution >= 4 is 20.8 Å². The Bertz CT molecular complexity index is 864. The fourth-order valence-corrected chi connectivity index (χ4v) is 2.93. The van der Waals surface area contributed by atoms with E-state index in [4.69, 9.17) is 10.2 Å². The maximum atomic E-state index is 11.6. The Morgan fingerprint density at radius 2 is 1.81 bits per heavy atom. The van der Waals surface area contributed by atoms with Gasteiger partial charge in [0.05, 0.1) is 10.9 Å². The standard InChI is InChI=1S/C16H15NO3S/c1-21(18,19)13-7-4-6-12(9-13)16(17)15-10-11-5-2-3-8-14(11)20-15/h2-10,16H,17H2,1H3. The lowest BCUT2D eigenvalue weighted by Gasteiger charge is -2.10. The van der Waals surface area contributed by atoms with Crippen LogP contribution in [0, 0.1) is 0 Å². The average molecular weight is 301 g/mol. The van der Waals surface area contributed by atoms with Crippen LogP contribution in [0.25, 0.3) is 11.0 Å². The molecule has 0 spiro atoms. The fourth-order valence-electron chi connectivity index (χ4n) is 2.26. The number of sulfone groups is 1. The summed E-state index contributed by atoms with van der Waals surface area (Å²) in [5.74, 6) is 0.613. The van der Waals surface area contributed by atoms with E-state index < -0.39 is 15.9 Å². The van der Waals surface area contributed by atoms with Gasteiger partial charge in [-0.15, -0.1) is 0 Å². The van der Waals surface area contributed by atoms with Gasteiger partial charge in [0.1, 0.15) is 11.3 Å². The van der Waals surface area contributed by atoms with Crippen molar-refractivity contribution < 1.29 is 12.8 Å². The minimum atomic E-state index is -3.25. The zero-order valence-corrected chi connectivity index (χ0v) is 12.3. The van der Waals surface area contributed by atoms with Gasteiger partial charge in [-0.2, -0.15) is 0 Å². The summed E-state index contributed by atoms with van der Waals surface area (Å²) in [6, 6.07) is 15.7. The predicted octanol–water partition coefficient (Wildman–Crippen LogP) is 2.88. The molecule has 0 bridgehead atoms. The van der Waals surface area contributed by atoms with Crippen LogP contribution in [0.1, 0.15) is 17.4 Å². The van der Waals surface area contributed by atoms with Crippen LogP contribution < -0.4 is 5.73 Å². The summed E-state index contributed by atoms with van der Waals surface area (Å²) in [6.07, 6.45) is 1.18. The molecule has 1 unspecified atom stereocenters. The lowest BCUT2D eigenvalue weighted by molar-refractivity contribution is 0.524. The fraction of sp³-hybridized carbons (Fsp3) is 0.125. The second-order valence-electron chi connectivity index (χ2n) is 5.01. The number of furan rings is 1. The molecule has 2 N–H and O–H groups in total. The molecule has 3 rings (SSSR count). The maximum absolute atomic E-state index is 11.6. The van der Waals surface area contributed by atoms with Gasteiger partial charge in [0, 0.05) is 11.6 Å². The lowest BCUT2D eigenvalue weighted by Crippen LogP contribution is -2.11. The van der Waals surface area contributed by atoms with Crippen LogP contribution in [0.3, 0.4) is 0 Å². The number of rotatable bonds is 3. The summed E-state index contributed by atoms with van der Waals surface area (Å²) < 4.78 is 29.0. The third-order valence-electron chi connectivity index (χ3n) is 3.40. The molecule has 0 aliphatic heterocycles. The average Bonchev–Trinajstić information content (AvgIpc) is 2.89. The summed E-state index contributed by atoms with van der Waals surface area (Å²) in [7, 11) is -3.25. The van der Waals surface area contributed by atoms with Gasteiger partial charge in [-0.25, -0.2) is 8.42 Å². The van der Waals surface area contributed by atoms with E-state index in [2.05, 4.69) is 0 Å². The van der Waals surface area contributed by atoms with E-state index in [1.807, 2.05) is 30.3 Å². The van der Waals surface area contributed by atoms with Crippen LogP contribution in [0.15, 0.2) is 63.9 Å². The van der Waals surface area contributed by atoms with Crippen LogP contribution in [-0.4, -0.2) is 14.7 Å². The molecule has 1 heterocycles. The molecule has 5 heteroatoms. The minimum absolute atomic E-state index is 0.256. The second-order valence-corrected chi connectivity index (χ2v) is 7.02. The van der Waals surface area contributed by atoms with E-state index >= 15 is 0 Å². The van der Waals surface area contributed by atoms with E-state index in [0.717, 1.165) is 11.0 Å². The van der Waals surface area contributed by atoms with Gasteiger partial charge < -0.3 is 10.2 Å². The molecule has 0 radical (unpaired) electrons. The molecule has 3 aromatic rings. The summed E-state index contributed by atoms with van der Waals surface area (Å²) in [5, 5.41) is 0.974. The van der Waals surface area contributed by atoms with Crippen molar-refractivity contribution in [1.29, 1.82) is 0 Å². The van der Waals surface area contributed by atoms with Crippen molar-refractivity contribution in [2.75, 3.05) is 6.26 Å². The highest BCUT2D eigenvalue weighted by Gasteiger charge is 2.16. The third-order valence-corrected chi connectivity index (χ3v) is 4.51. The topological polar surface area (TPSA) is 73.3 Å². The molecule has 2 aromatic carbocycles. The molecule has 0 fully saturated rings. The Labute approximate surface area is 123 Å². The lowest BCUT2D eigenvalue weighted by atomic mass is 10.1. The highest BCUT2D eigenvalue weighted by atomic mass is 32.2. The van der Waals surface area contributed by atoms with Crippen molar-refractivity contribution in [2.45, 2.75) is 10.9 Å². The van der Waals surface area contributed by atoms with Crippen molar-refractivity contribution in [3.63, 3.8) is 0 Å². The zero-order valence-electron chi connectivity index (χ0n) is 11.5. The first-order chi connectivity index (χ1) is 9.95. The Hall–Kier alpha value is -2.11. The van der Waals surface area contributed by atoms with E-state index in [0.29, 0.717) is 11.3 Å². The van der Waals surface area contributed by atoms with Crippen molar-refractivity contribution in [3.8, 4) is 0 Å². The SMILES string of the molecule is CS(=O)(=O)c1cccc(C(N)c2cc3ccccc3o2)c1. The molecule has 4 nitrogen and oxygen atoms in total. The van der Waals surface area contributed by atoms with Crippen LogP contribution in [0.5, 0.6) is 0 Å². The maximum Gasteiger partial charge on any atom is 0.175 e. The summed E-state index contributed by atoms with van der Waals surface area (Å²) in [5.41, 5.74) is 7.68. The first-order valence-electron chi connectivity index (χ1n) is 6.49. The van der Waals surface area contributed by atoms with Crippen LogP contribution in [-0.2, 0) is 9.84 Å². The molecular formula is C16H15NO3S. The first-order valence-corrected chi connectivity index (χ1v) is 8.38. The molecule has 0 aliphatic carbocycles. The number of para-hydroxylation sites is 1. The van der Waals surface area contributed by atoms with Crippen LogP contribution in [0.2, 0.25) is 0 Å². The summed E-state index contributed by atoms with van der Waals surface area (Å²) >= 11 is 0. The molecule has 1 aromatic heterocycles. The molecule has 108 valence electrons. The van der Waals surface area contributed by atoms with E-state index in [-0.39, 0.29) is 4.90 Å². The Morgan fingerprint density at radius 3 is 2.52 bits per heavy atom. The molecule has 0 amide bonds. The van der Waals surface area contributed by atoms with Gasteiger partial charge in [0.25, 0.3) is 0 Å². The van der Waals surface area contributed by atoms with Gasteiger partial charge in [-0.05, 0) is 29.8 Å². The largest absolute Gasteiger partial charge is 0.459 e. The molecule has 1 atom stereocenters. The zero-order chi connectivity index (χ0) is 15.0. The second kappa shape index (κ2) is 5.02. The molecular weight excluding hydrogens is 286 g/mol. The molecule has 21 heavy (non-hydrogen) atoms. The van der Waals surface area contributed by atoms with Gasteiger partial charge in [-0.3, -0.25) is 0 Å². The van der Waals surface area contributed by atoms with E-state index in [1.54, 1.807) is 24.3 Å². The Morgan fingerprint density at radius 1 is 1.05 bits per heavy atom. The molecule has 0 saturated heterocycles. The normalized spacial score (nSPS) is 13.4. The van der Waals surface area contributed by atoms with Crippen molar-refractivity contribution in [3.05, 3.63) is 65.9 Å². The number of hydrogen-bond acceptors (Lipinski definition) is 4. The number of nitrogens with two attached hydrogens (primary N) is 1. The number of hydrogen-bond donors (Lipinski definition) is 1. The first kappa shape index (κ1) is 13.9. The van der Waals surface area contributed by atoms with E-state index in [1.165, 1.54) is 6.26 Å². The quantitative estimate of drug-likeness (QED) is 0.807. The van der Waals surface area contributed by atoms with Gasteiger partial charge in [-0.1, -0.05) is 30.3 Å². The minimum Gasteiger partial charge on any atom is -0.459 e. The van der Waals surface area contributed by atoms with E-state index in [9.17, 15) is 8.42 Å². The third kappa shape index (κ3) is 2.70. The number of fused-ring (bicyclic) bond motifs is 1. The summed E-state index contributed by atoms with van der Waals surface area (Å²) in [6.45, 7) is 0. The monoisotopic (exact) mass is 301 g/mol. The van der Waals surface area contributed by atoms with Crippen molar-refractivity contribution in [1.82, 2.24) is 0 Å². The van der Waals surface area contributed by atoms with Gasteiger partial charge in [0.2, 0.25) is 0 Å². The predicted molar refractivity (Wildman–Crippen MR) is 81.8 cm³/mol. The highest BCUT2D eigenvalue weighted by Crippen LogP contribution is 2.27. The smallest absolute Gasteiger partial charge is 0.175 e. The number of benzene rings is 2. The molecule has 0 saturated carbocycles. The highest BCUT2D eigenvalue weighted by molar-refractivity contribution is 7.90. The van der Waals surface area contributed by atoms with Gasteiger partial charge in [0.15, 0.2) is 9.84 Å². The Balaban J connectivity index is 2.03. The van der Waals surface area contributed by atoms with Crippen molar-refractivity contribution in [2.24, 2.45) is 5.73 Å². The van der Waals surface area contributed by atoms with Crippen LogP contribution in [0.4, 0.5) is 0 Å².